The summed E-state index contributed by atoms with van der Waals surface area (Å²) in [5, 5.41) is 3.35. The van der Waals surface area contributed by atoms with E-state index >= 15 is 0 Å². The van der Waals surface area contributed by atoms with Gasteiger partial charge in [-0.1, -0.05) is 0 Å². The molecule has 1 N–H and O–H groups in total. The maximum absolute atomic E-state index is 12.5. The molecule has 3 rings (SSSR count). The van der Waals surface area contributed by atoms with Crippen molar-refractivity contribution in [2.75, 3.05) is 36.4 Å². The minimum absolute atomic E-state index is 0.0415. The van der Waals surface area contributed by atoms with E-state index in [1.54, 1.807) is 6.20 Å². The minimum Gasteiger partial charge on any atom is -0.372 e. The van der Waals surface area contributed by atoms with Crippen LogP contribution >= 0.6 is 0 Å². The quantitative estimate of drug-likeness (QED) is 0.842. The van der Waals surface area contributed by atoms with Crippen LogP contribution in [0.2, 0.25) is 0 Å². The summed E-state index contributed by atoms with van der Waals surface area (Å²) < 4.78 is 0. The molecule has 0 saturated carbocycles. The Hall–Kier alpha value is -2.56. The molecule has 0 spiro atoms. The zero-order chi connectivity index (χ0) is 18.4. The second-order valence-corrected chi connectivity index (χ2v) is 6.63. The Kier molecular flexibility index (Phi) is 6.10. The Morgan fingerprint density at radius 2 is 1.65 bits per heavy atom. The SMILES string of the molecule is CCN(CC)c1ccc(Nc2ccc(C(=O)N3CCCCC3)nc2)cc1. The number of carbonyl (C=O) groups excluding carboxylic acids is 1. The fraction of sp³-hybridized carbons (Fsp3) is 0.429. The van der Waals surface area contributed by atoms with Crippen molar-refractivity contribution < 1.29 is 4.79 Å². The molecule has 0 unspecified atom stereocenters. The molecule has 26 heavy (non-hydrogen) atoms. The van der Waals surface area contributed by atoms with Crippen molar-refractivity contribution in [3.63, 3.8) is 0 Å². The van der Waals surface area contributed by atoms with Gasteiger partial charge in [-0.2, -0.15) is 0 Å². The van der Waals surface area contributed by atoms with Gasteiger partial charge in [0.25, 0.3) is 5.91 Å². The fourth-order valence-electron chi connectivity index (χ4n) is 3.36. The van der Waals surface area contributed by atoms with Gasteiger partial charge in [0, 0.05) is 37.6 Å². The van der Waals surface area contributed by atoms with Gasteiger partial charge in [0.05, 0.1) is 11.9 Å². The Morgan fingerprint density at radius 1 is 1.00 bits per heavy atom. The molecule has 5 nitrogen and oxygen atoms in total. The molecule has 138 valence electrons. The van der Waals surface area contributed by atoms with Crippen molar-refractivity contribution in [1.82, 2.24) is 9.88 Å². The normalized spacial score (nSPS) is 14.2. The van der Waals surface area contributed by atoms with Crippen LogP contribution < -0.4 is 10.2 Å². The Balaban J connectivity index is 1.63. The number of nitrogens with zero attached hydrogens (tertiary/aromatic N) is 3. The molecular weight excluding hydrogens is 324 g/mol. The Morgan fingerprint density at radius 3 is 2.23 bits per heavy atom. The fourth-order valence-corrected chi connectivity index (χ4v) is 3.36. The van der Waals surface area contributed by atoms with Gasteiger partial charge in [0.2, 0.25) is 0 Å². The molecule has 2 heterocycles. The number of aromatic nitrogens is 1. The molecule has 0 bridgehead atoms. The highest BCUT2D eigenvalue weighted by molar-refractivity contribution is 5.92. The first kappa shape index (κ1) is 18.2. The highest BCUT2D eigenvalue weighted by Gasteiger charge is 2.18. The smallest absolute Gasteiger partial charge is 0.272 e. The largest absolute Gasteiger partial charge is 0.372 e. The van der Waals surface area contributed by atoms with Crippen LogP contribution in [-0.4, -0.2) is 42.0 Å². The molecule has 0 aliphatic carbocycles. The molecule has 1 amide bonds. The summed E-state index contributed by atoms with van der Waals surface area (Å²) in [6.07, 6.45) is 5.13. The number of rotatable bonds is 6. The van der Waals surface area contributed by atoms with E-state index in [1.165, 1.54) is 12.1 Å². The molecule has 1 aromatic carbocycles. The average molecular weight is 352 g/mol. The number of hydrogen-bond acceptors (Lipinski definition) is 4. The van der Waals surface area contributed by atoms with Crippen molar-refractivity contribution in [2.24, 2.45) is 0 Å². The summed E-state index contributed by atoms with van der Waals surface area (Å²) in [5.41, 5.74) is 3.64. The van der Waals surface area contributed by atoms with E-state index in [9.17, 15) is 4.79 Å². The summed E-state index contributed by atoms with van der Waals surface area (Å²) in [7, 11) is 0. The van der Waals surface area contributed by atoms with Crippen LogP contribution in [0.1, 0.15) is 43.6 Å². The molecule has 1 aromatic heterocycles. The van der Waals surface area contributed by atoms with Crippen molar-refractivity contribution in [2.45, 2.75) is 33.1 Å². The standard InChI is InChI=1S/C21H28N4O/c1-3-24(4-2)19-11-8-17(9-12-19)23-18-10-13-20(22-16-18)21(26)25-14-6-5-7-15-25/h8-13,16,23H,3-7,14-15H2,1-2H3. The van der Waals surface area contributed by atoms with E-state index < -0.39 is 0 Å². The lowest BCUT2D eigenvalue weighted by Crippen LogP contribution is -2.36. The number of piperidine rings is 1. The van der Waals surface area contributed by atoms with Crippen LogP contribution in [0, 0.1) is 0 Å². The van der Waals surface area contributed by atoms with Crippen LogP contribution in [0.15, 0.2) is 42.6 Å². The molecular formula is C21H28N4O. The van der Waals surface area contributed by atoms with E-state index in [1.807, 2.05) is 17.0 Å². The van der Waals surface area contributed by atoms with Crippen LogP contribution in [0.5, 0.6) is 0 Å². The van der Waals surface area contributed by atoms with Gasteiger partial charge >= 0.3 is 0 Å². The summed E-state index contributed by atoms with van der Waals surface area (Å²) in [6, 6.07) is 12.1. The van der Waals surface area contributed by atoms with Crippen LogP contribution in [0.3, 0.4) is 0 Å². The van der Waals surface area contributed by atoms with E-state index in [4.69, 9.17) is 0 Å². The van der Waals surface area contributed by atoms with Crippen molar-refractivity contribution in [1.29, 1.82) is 0 Å². The molecule has 5 heteroatoms. The third kappa shape index (κ3) is 4.34. The maximum atomic E-state index is 12.5. The minimum atomic E-state index is 0.0415. The van der Waals surface area contributed by atoms with Crippen molar-refractivity contribution >= 4 is 23.0 Å². The molecule has 2 aromatic rings. The number of pyridine rings is 1. The van der Waals surface area contributed by atoms with E-state index in [2.05, 4.69) is 53.3 Å². The number of amides is 1. The van der Waals surface area contributed by atoms with Gasteiger partial charge in [-0.25, -0.2) is 4.98 Å². The van der Waals surface area contributed by atoms with Gasteiger partial charge < -0.3 is 15.1 Å². The maximum Gasteiger partial charge on any atom is 0.272 e. The topological polar surface area (TPSA) is 48.5 Å². The lowest BCUT2D eigenvalue weighted by Gasteiger charge is -2.26. The van der Waals surface area contributed by atoms with E-state index in [0.717, 1.165) is 50.4 Å². The molecule has 1 fully saturated rings. The summed E-state index contributed by atoms with van der Waals surface area (Å²) in [5.74, 6) is 0.0415. The number of nitrogens with one attached hydrogen (secondary N) is 1. The number of anilines is 3. The second kappa shape index (κ2) is 8.70. The van der Waals surface area contributed by atoms with Gasteiger partial charge in [0.1, 0.15) is 5.69 Å². The summed E-state index contributed by atoms with van der Waals surface area (Å²) in [6.45, 7) is 8.01. The van der Waals surface area contributed by atoms with Gasteiger partial charge in [-0.3, -0.25) is 4.79 Å². The lowest BCUT2D eigenvalue weighted by atomic mass is 10.1. The van der Waals surface area contributed by atoms with Gasteiger partial charge in [-0.05, 0) is 69.5 Å². The van der Waals surface area contributed by atoms with Crippen molar-refractivity contribution in [3.8, 4) is 0 Å². The monoisotopic (exact) mass is 352 g/mol. The van der Waals surface area contributed by atoms with Gasteiger partial charge in [0.15, 0.2) is 0 Å². The molecule has 1 aliphatic heterocycles. The first-order valence-electron chi connectivity index (χ1n) is 9.58. The number of benzene rings is 1. The predicted octanol–water partition coefficient (Wildman–Crippen LogP) is 4.30. The third-order valence-electron chi connectivity index (χ3n) is 4.91. The summed E-state index contributed by atoms with van der Waals surface area (Å²) >= 11 is 0. The third-order valence-corrected chi connectivity index (χ3v) is 4.91. The number of carbonyl (C=O) groups is 1. The zero-order valence-corrected chi connectivity index (χ0v) is 15.7. The first-order chi connectivity index (χ1) is 12.7. The summed E-state index contributed by atoms with van der Waals surface area (Å²) in [4.78, 5) is 21.0. The second-order valence-electron chi connectivity index (χ2n) is 6.63. The predicted molar refractivity (Wildman–Crippen MR) is 107 cm³/mol. The van der Waals surface area contributed by atoms with Gasteiger partial charge in [-0.15, -0.1) is 0 Å². The highest BCUT2D eigenvalue weighted by Crippen LogP contribution is 2.21. The molecule has 1 saturated heterocycles. The van der Waals surface area contributed by atoms with E-state index in [-0.39, 0.29) is 5.91 Å². The molecule has 0 atom stereocenters. The Bertz CT molecular complexity index is 702. The van der Waals surface area contributed by atoms with Crippen LogP contribution in [-0.2, 0) is 0 Å². The molecule has 0 radical (unpaired) electrons. The van der Waals surface area contributed by atoms with E-state index in [0.29, 0.717) is 5.69 Å². The zero-order valence-electron chi connectivity index (χ0n) is 15.7. The Labute approximate surface area is 156 Å². The average Bonchev–Trinajstić information content (AvgIpc) is 2.71. The van der Waals surface area contributed by atoms with Crippen molar-refractivity contribution in [3.05, 3.63) is 48.3 Å². The highest BCUT2D eigenvalue weighted by atomic mass is 16.2. The number of hydrogen-bond donors (Lipinski definition) is 1. The van der Waals surface area contributed by atoms with Crippen LogP contribution in [0.4, 0.5) is 17.1 Å². The first-order valence-corrected chi connectivity index (χ1v) is 9.58. The number of likely N-dealkylation sites (tertiary alicyclic amines) is 1. The molecule has 1 aliphatic rings. The lowest BCUT2D eigenvalue weighted by molar-refractivity contribution is 0.0718. The van der Waals surface area contributed by atoms with Crippen LogP contribution in [0.25, 0.3) is 0 Å².